The molecule has 7 heteroatoms. The first-order valence-electron chi connectivity index (χ1n) is 8.19. The third kappa shape index (κ3) is 4.88. The van der Waals surface area contributed by atoms with E-state index in [9.17, 15) is 19.7 Å². The van der Waals surface area contributed by atoms with Gasteiger partial charge >= 0.3 is 5.97 Å². The van der Waals surface area contributed by atoms with Gasteiger partial charge in [-0.25, -0.2) is 0 Å². The molecule has 0 saturated carbocycles. The van der Waals surface area contributed by atoms with E-state index < -0.39 is 23.4 Å². The fourth-order valence-corrected chi connectivity index (χ4v) is 2.58. The number of ether oxygens (including phenoxy) is 1. The maximum Gasteiger partial charge on any atom is 0.310 e. The van der Waals surface area contributed by atoms with E-state index in [4.69, 9.17) is 4.74 Å². The molecule has 0 atom stereocenters. The second-order valence-electron chi connectivity index (χ2n) is 5.87. The van der Waals surface area contributed by atoms with Gasteiger partial charge in [0.25, 0.3) is 11.6 Å². The molecular weight excluding hydrogens is 348 g/mol. The molecule has 0 spiro atoms. The number of hydrogen-bond acceptors (Lipinski definition) is 5. The fraction of sp³-hybridized carbons (Fsp3) is 0.100. The van der Waals surface area contributed by atoms with E-state index >= 15 is 0 Å². The lowest BCUT2D eigenvalue weighted by Crippen LogP contribution is -2.21. The third-order valence-electron chi connectivity index (χ3n) is 3.89. The number of amides is 1. The molecule has 0 fully saturated rings. The zero-order chi connectivity index (χ0) is 19.2. The van der Waals surface area contributed by atoms with Crippen LogP contribution in [0.25, 0.3) is 10.8 Å². The number of carbonyl (C=O) groups excluding carboxylic acids is 2. The standard InChI is InChI=1S/C20H16N2O5/c23-19(21-17-7-9-18(10-8-17)22(25)26)13-27-20(24)12-14-5-6-15-3-1-2-4-16(15)11-14/h1-11H,12-13H2,(H,21,23). The summed E-state index contributed by atoms with van der Waals surface area (Å²) in [6.07, 6.45) is 0.0651. The van der Waals surface area contributed by atoms with Crippen LogP contribution in [0.15, 0.2) is 66.7 Å². The Bertz CT molecular complexity index is 999. The maximum absolute atomic E-state index is 11.9. The average molecular weight is 364 g/mol. The number of hydrogen-bond donors (Lipinski definition) is 1. The van der Waals surface area contributed by atoms with Gasteiger partial charge in [0.05, 0.1) is 11.3 Å². The number of benzene rings is 3. The minimum Gasteiger partial charge on any atom is -0.455 e. The molecule has 0 unspecified atom stereocenters. The van der Waals surface area contributed by atoms with Crippen molar-refractivity contribution in [2.75, 3.05) is 11.9 Å². The first-order chi connectivity index (χ1) is 13.0. The van der Waals surface area contributed by atoms with E-state index in [-0.39, 0.29) is 12.1 Å². The Morgan fingerprint density at radius 3 is 2.37 bits per heavy atom. The van der Waals surface area contributed by atoms with E-state index in [1.807, 2.05) is 42.5 Å². The Morgan fingerprint density at radius 2 is 1.67 bits per heavy atom. The fourth-order valence-electron chi connectivity index (χ4n) is 2.58. The summed E-state index contributed by atoms with van der Waals surface area (Å²) in [6.45, 7) is -0.427. The number of nitrogens with zero attached hydrogens (tertiary/aromatic N) is 1. The van der Waals surface area contributed by atoms with Crippen LogP contribution in [0.1, 0.15) is 5.56 Å². The van der Waals surface area contributed by atoms with Gasteiger partial charge in [-0.1, -0.05) is 42.5 Å². The minimum atomic E-state index is -0.528. The summed E-state index contributed by atoms with van der Waals surface area (Å²) in [4.78, 5) is 33.9. The monoisotopic (exact) mass is 364 g/mol. The highest BCUT2D eigenvalue weighted by Gasteiger charge is 2.10. The van der Waals surface area contributed by atoms with Gasteiger partial charge in [-0.15, -0.1) is 0 Å². The van der Waals surface area contributed by atoms with Crippen LogP contribution in [0.3, 0.4) is 0 Å². The summed E-state index contributed by atoms with van der Waals surface area (Å²) in [6, 6.07) is 18.9. The van der Waals surface area contributed by atoms with Crippen molar-refractivity contribution >= 4 is 34.0 Å². The first kappa shape index (κ1) is 18.1. The van der Waals surface area contributed by atoms with Crippen molar-refractivity contribution in [2.24, 2.45) is 0 Å². The van der Waals surface area contributed by atoms with Gasteiger partial charge in [0.15, 0.2) is 6.61 Å². The molecule has 0 heterocycles. The van der Waals surface area contributed by atoms with Crippen LogP contribution in [0.2, 0.25) is 0 Å². The van der Waals surface area contributed by atoms with Crippen LogP contribution in [0.5, 0.6) is 0 Å². The second kappa shape index (κ2) is 8.09. The number of nitrogens with one attached hydrogen (secondary N) is 1. The highest BCUT2D eigenvalue weighted by atomic mass is 16.6. The first-order valence-corrected chi connectivity index (χ1v) is 8.19. The maximum atomic E-state index is 11.9. The van der Waals surface area contributed by atoms with Gasteiger partial charge in [-0.3, -0.25) is 19.7 Å². The van der Waals surface area contributed by atoms with E-state index in [2.05, 4.69) is 5.32 Å². The largest absolute Gasteiger partial charge is 0.455 e. The van der Waals surface area contributed by atoms with Crippen LogP contribution < -0.4 is 5.32 Å². The predicted molar refractivity (Wildman–Crippen MR) is 100 cm³/mol. The Morgan fingerprint density at radius 1 is 0.963 bits per heavy atom. The van der Waals surface area contributed by atoms with Crippen molar-refractivity contribution in [3.63, 3.8) is 0 Å². The molecule has 7 nitrogen and oxygen atoms in total. The molecule has 0 saturated heterocycles. The van der Waals surface area contributed by atoms with Gasteiger partial charge in [0.2, 0.25) is 0 Å². The SMILES string of the molecule is O=C(COC(=O)Cc1ccc2ccccc2c1)Nc1ccc([N+](=O)[O-])cc1. The number of non-ortho nitro benzene ring substituents is 1. The van der Waals surface area contributed by atoms with Crippen molar-refractivity contribution in [1.82, 2.24) is 0 Å². The second-order valence-corrected chi connectivity index (χ2v) is 5.87. The number of esters is 1. The summed E-state index contributed by atoms with van der Waals surface area (Å²) >= 11 is 0. The number of fused-ring (bicyclic) bond motifs is 1. The lowest BCUT2D eigenvalue weighted by Gasteiger charge is -2.07. The highest BCUT2D eigenvalue weighted by Crippen LogP contribution is 2.17. The van der Waals surface area contributed by atoms with E-state index in [1.165, 1.54) is 24.3 Å². The van der Waals surface area contributed by atoms with Gasteiger partial charge in [-0.05, 0) is 28.5 Å². The zero-order valence-electron chi connectivity index (χ0n) is 14.3. The molecule has 0 radical (unpaired) electrons. The summed E-state index contributed by atoms with van der Waals surface area (Å²) in [5.74, 6) is -1.03. The molecule has 0 aromatic heterocycles. The molecule has 3 aromatic rings. The van der Waals surface area contributed by atoms with Crippen molar-refractivity contribution in [1.29, 1.82) is 0 Å². The summed E-state index contributed by atoms with van der Waals surface area (Å²) in [5.41, 5.74) is 1.11. The number of rotatable bonds is 6. The normalized spacial score (nSPS) is 10.4. The van der Waals surface area contributed by atoms with E-state index in [0.717, 1.165) is 16.3 Å². The quantitative estimate of drug-likeness (QED) is 0.410. The average Bonchev–Trinajstić information content (AvgIpc) is 2.67. The predicted octanol–water partition coefficient (Wildman–Crippen LogP) is 3.47. The van der Waals surface area contributed by atoms with Crippen molar-refractivity contribution in [3.05, 3.63) is 82.4 Å². The number of carbonyl (C=O) groups is 2. The lowest BCUT2D eigenvalue weighted by molar-refractivity contribution is -0.384. The number of anilines is 1. The Kier molecular flexibility index (Phi) is 5.41. The van der Waals surface area contributed by atoms with Crippen LogP contribution in [0.4, 0.5) is 11.4 Å². The number of nitro groups is 1. The summed E-state index contributed by atoms with van der Waals surface area (Å²) in [7, 11) is 0. The molecule has 3 aromatic carbocycles. The third-order valence-corrected chi connectivity index (χ3v) is 3.89. The van der Waals surface area contributed by atoms with Gasteiger partial charge in [0.1, 0.15) is 0 Å². The molecule has 0 aliphatic carbocycles. The molecule has 27 heavy (non-hydrogen) atoms. The lowest BCUT2D eigenvalue weighted by atomic mass is 10.1. The summed E-state index contributed by atoms with van der Waals surface area (Å²) < 4.78 is 4.99. The van der Waals surface area contributed by atoms with Crippen molar-refractivity contribution < 1.29 is 19.2 Å². The molecular formula is C20H16N2O5. The minimum absolute atomic E-state index is 0.0651. The Hall–Kier alpha value is -3.74. The topological polar surface area (TPSA) is 98.5 Å². The van der Waals surface area contributed by atoms with Gasteiger partial charge in [-0.2, -0.15) is 0 Å². The van der Waals surface area contributed by atoms with Gasteiger partial charge < -0.3 is 10.1 Å². The molecule has 0 aliphatic rings. The molecule has 0 bridgehead atoms. The molecule has 136 valence electrons. The number of nitro benzene ring substituents is 1. The van der Waals surface area contributed by atoms with E-state index in [1.54, 1.807) is 0 Å². The smallest absolute Gasteiger partial charge is 0.310 e. The molecule has 3 rings (SSSR count). The molecule has 0 aliphatic heterocycles. The van der Waals surface area contributed by atoms with Crippen LogP contribution in [-0.4, -0.2) is 23.4 Å². The van der Waals surface area contributed by atoms with Crippen LogP contribution in [0, 0.1) is 10.1 Å². The Balaban J connectivity index is 1.50. The van der Waals surface area contributed by atoms with Crippen LogP contribution in [-0.2, 0) is 20.7 Å². The van der Waals surface area contributed by atoms with Crippen LogP contribution >= 0.6 is 0 Å². The molecule has 1 N–H and O–H groups in total. The van der Waals surface area contributed by atoms with Gasteiger partial charge in [0, 0.05) is 17.8 Å². The zero-order valence-corrected chi connectivity index (χ0v) is 14.3. The highest BCUT2D eigenvalue weighted by molar-refractivity contribution is 5.93. The molecule has 1 amide bonds. The van der Waals surface area contributed by atoms with E-state index in [0.29, 0.717) is 5.69 Å². The van der Waals surface area contributed by atoms with Crippen molar-refractivity contribution in [2.45, 2.75) is 6.42 Å². The Labute approximate surface area is 154 Å². The van der Waals surface area contributed by atoms with Crippen molar-refractivity contribution in [3.8, 4) is 0 Å². The summed E-state index contributed by atoms with van der Waals surface area (Å²) in [5, 5.41) is 15.2.